The van der Waals surface area contributed by atoms with E-state index in [0.717, 1.165) is 24.9 Å². The van der Waals surface area contributed by atoms with E-state index in [1.165, 1.54) is 6.07 Å². The number of halogens is 1. The van der Waals surface area contributed by atoms with E-state index in [4.69, 9.17) is 4.74 Å². The lowest BCUT2D eigenvalue weighted by Gasteiger charge is -2.26. The van der Waals surface area contributed by atoms with Gasteiger partial charge in [-0.05, 0) is 57.4 Å². The first kappa shape index (κ1) is 15.1. The fourth-order valence-electron chi connectivity index (χ4n) is 2.02. The number of benzene rings is 1. The van der Waals surface area contributed by atoms with Crippen molar-refractivity contribution >= 4 is 0 Å². The second-order valence-corrected chi connectivity index (χ2v) is 5.31. The van der Waals surface area contributed by atoms with E-state index < -0.39 is 0 Å². The van der Waals surface area contributed by atoms with Crippen molar-refractivity contribution in [2.24, 2.45) is 0 Å². The first-order chi connectivity index (χ1) is 8.48. The Bertz CT molecular complexity index is 365. The van der Waals surface area contributed by atoms with Crippen LogP contribution in [-0.2, 0) is 4.74 Å². The summed E-state index contributed by atoms with van der Waals surface area (Å²) < 4.78 is 18.7. The van der Waals surface area contributed by atoms with Crippen molar-refractivity contribution in [1.82, 2.24) is 5.32 Å². The second-order valence-electron chi connectivity index (χ2n) is 5.31. The Morgan fingerprint density at radius 2 is 2.11 bits per heavy atom. The molecule has 1 atom stereocenters. The maximum Gasteiger partial charge on any atom is 0.123 e. The van der Waals surface area contributed by atoms with Crippen molar-refractivity contribution in [1.29, 1.82) is 0 Å². The van der Waals surface area contributed by atoms with Gasteiger partial charge in [-0.15, -0.1) is 0 Å². The van der Waals surface area contributed by atoms with E-state index in [2.05, 4.69) is 19.2 Å². The normalized spacial score (nSPS) is 13.6. The highest BCUT2D eigenvalue weighted by atomic mass is 19.1. The quantitative estimate of drug-likeness (QED) is 0.804. The molecule has 18 heavy (non-hydrogen) atoms. The predicted octanol–water partition coefficient (Wildman–Crippen LogP) is 3.33. The molecule has 0 fully saturated rings. The van der Waals surface area contributed by atoms with Gasteiger partial charge in [0.05, 0.1) is 5.60 Å². The van der Waals surface area contributed by atoms with E-state index in [-0.39, 0.29) is 11.4 Å². The van der Waals surface area contributed by atoms with Crippen molar-refractivity contribution < 1.29 is 9.13 Å². The molecule has 0 aliphatic heterocycles. The molecule has 0 aromatic heterocycles. The lowest BCUT2D eigenvalue weighted by molar-refractivity contribution is 0.0124. The number of rotatable bonds is 7. The molecule has 0 saturated carbocycles. The summed E-state index contributed by atoms with van der Waals surface area (Å²) in [6.45, 7) is 5.01. The van der Waals surface area contributed by atoms with E-state index in [1.54, 1.807) is 19.2 Å². The average Bonchev–Trinajstić information content (AvgIpc) is 2.34. The van der Waals surface area contributed by atoms with E-state index in [1.807, 2.05) is 13.1 Å². The summed E-state index contributed by atoms with van der Waals surface area (Å²) in [5.41, 5.74) is 0.926. The lowest BCUT2D eigenvalue weighted by atomic mass is 9.89. The molecule has 0 aliphatic carbocycles. The number of hydrogen-bond acceptors (Lipinski definition) is 2. The minimum Gasteiger partial charge on any atom is -0.379 e. The topological polar surface area (TPSA) is 21.3 Å². The zero-order chi connectivity index (χ0) is 13.6. The standard InChI is InChI=1S/C15H24FNO/c1-15(2,18-4)9-8-13(11-17-3)12-6-5-7-14(16)10-12/h5-7,10,13,17H,8-9,11H2,1-4H3. The average molecular weight is 253 g/mol. The monoisotopic (exact) mass is 253 g/mol. The van der Waals surface area contributed by atoms with Crippen molar-refractivity contribution in [2.45, 2.75) is 38.2 Å². The third-order valence-electron chi connectivity index (χ3n) is 3.42. The smallest absolute Gasteiger partial charge is 0.123 e. The largest absolute Gasteiger partial charge is 0.379 e. The SMILES string of the molecule is CNCC(CCC(C)(C)OC)c1cccc(F)c1. The van der Waals surface area contributed by atoms with Crippen LogP contribution in [0.4, 0.5) is 4.39 Å². The highest BCUT2D eigenvalue weighted by molar-refractivity contribution is 5.21. The highest BCUT2D eigenvalue weighted by Crippen LogP contribution is 2.26. The van der Waals surface area contributed by atoms with E-state index in [9.17, 15) is 4.39 Å². The molecule has 1 unspecified atom stereocenters. The fraction of sp³-hybridized carbons (Fsp3) is 0.600. The maximum atomic E-state index is 13.3. The molecule has 1 rings (SSSR count). The highest BCUT2D eigenvalue weighted by Gasteiger charge is 2.20. The lowest BCUT2D eigenvalue weighted by Crippen LogP contribution is -2.25. The number of ether oxygens (including phenoxy) is 1. The van der Waals surface area contributed by atoms with Crippen LogP contribution in [-0.4, -0.2) is 26.3 Å². The summed E-state index contributed by atoms with van der Waals surface area (Å²) in [5.74, 6) is 0.153. The van der Waals surface area contributed by atoms with Crippen LogP contribution in [0, 0.1) is 5.82 Å². The Labute approximate surface area is 110 Å². The van der Waals surface area contributed by atoms with Gasteiger partial charge in [0, 0.05) is 13.7 Å². The summed E-state index contributed by atoms with van der Waals surface area (Å²) in [5, 5.41) is 3.18. The summed E-state index contributed by atoms with van der Waals surface area (Å²) in [6, 6.07) is 6.88. The molecule has 0 bridgehead atoms. The Balaban J connectivity index is 2.71. The third kappa shape index (κ3) is 4.75. The zero-order valence-electron chi connectivity index (χ0n) is 11.8. The third-order valence-corrected chi connectivity index (χ3v) is 3.42. The van der Waals surface area contributed by atoms with Gasteiger partial charge in [-0.2, -0.15) is 0 Å². The van der Waals surface area contributed by atoms with E-state index in [0.29, 0.717) is 5.92 Å². The zero-order valence-corrected chi connectivity index (χ0v) is 11.8. The van der Waals surface area contributed by atoms with Crippen LogP contribution >= 0.6 is 0 Å². The molecule has 1 aromatic rings. The molecule has 0 heterocycles. The van der Waals surface area contributed by atoms with Crippen LogP contribution in [0.2, 0.25) is 0 Å². The van der Waals surface area contributed by atoms with Gasteiger partial charge in [-0.3, -0.25) is 0 Å². The Morgan fingerprint density at radius 1 is 1.39 bits per heavy atom. The molecule has 0 amide bonds. The van der Waals surface area contributed by atoms with Crippen LogP contribution in [0.5, 0.6) is 0 Å². The van der Waals surface area contributed by atoms with Crippen LogP contribution in [0.1, 0.15) is 38.2 Å². The molecule has 0 aliphatic rings. The van der Waals surface area contributed by atoms with Crippen LogP contribution in [0.3, 0.4) is 0 Å². The summed E-state index contributed by atoms with van der Waals surface area (Å²) in [6.07, 6.45) is 1.93. The van der Waals surface area contributed by atoms with Gasteiger partial charge in [-0.1, -0.05) is 12.1 Å². The molecule has 3 heteroatoms. The van der Waals surface area contributed by atoms with Gasteiger partial charge in [0.1, 0.15) is 5.82 Å². The molecule has 102 valence electrons. The Hall–Kier alpha value is -0.930. The number of hydrogen-bond donors (Lipinski definition) is 1. The second kappa shape index (κ2) is 6.86. The molecule has 1 N–H and O–H groups in total. The molecule has 0 spiro atoms. The maximum absolute atomic E-state index is 13.3. The molecule has 2 nitrogen and oxygen atoms in total. The van der Waals surface area contributed by atoms with Crippen molar-refractivity contribution in [3.8, 4) is 0 Å². The minimum absolute atomic E-state index is 0.126. The number of nitrogens with one attached hydrogen (secondary N) is 1. The summed E-state index contributed by atoms with van der Waals surface area (Å²) in [4.78, 5) is 0. The van der Waals surface area contributed by atoms with Gasteiger partial charge < -0.3 is 10.1 Å². The molecule has 0 radical (unpaired) electrons. The molecular formula is C15H24FNO. The Morgan fingerprint density at radius 3 is 2.67 bits per heavy atom. The molecular weight excluding hydrogens is 229 g/mol. The first-order valence-corrected chi connectivity index (χ1v) is 6.44. The van der Waals surface area contributed by atoms with Crippen LogP contribution in [0.25, 0.3) is 0 Å². The van der Waals surface area contributed by atoms with Crippen molar-refractivity contribution in [3.05, 3.63) is 35.6 Å². The van der Waals surface area contributed by atoms with Crippen LogP contribution < -0.4 is 5.32 Å². The van der Waals surface area contributed by atoms with Gasteiger partial charge in [0.25, 0.3) is 0 Å². The van der Waals surface area contributed by atoms with Gasteiger partial charge in [-0.25, -0.2) is 4.39 Å². The molecule has 1 aromatic carbocycles. The Kier molecular flexibility index (Phi) is 5.76. The van der Waals surface area contributed by atoms with Gasteiger partial charge in [0.15, 0.2) is 0 Å². The van der Waals surface area contributed by atoms with Crippen LogP contribution in [0.15, 0.2) is 24.3 Å². The number of likely N-dealkylation sites (N-methyl/N-ethyl adjacent to an activating group) is 1. The van der Waals surface area contributed by atoms with E-state index >= 15 is 0 Å². The first-order valence-electron chi connectivity index (χ1n) is 6.44. The van der Waals surface area contributed by atoms with Gasteiger partial charge in [0.2, 0.25) is 0 Å². The fourth-order valence-corrected chi connectivity index (χ4v) is 2.02. The van der Waals surface area contributed by atoms with Crippen molar-refractivity contribution in [3.63, 3.8) is 0 Å². The summed E-state index contributed by atoms with van der Waals surface area (Å²) >= 11 is 0. The van der Waals surface area contributed by atoms with Gasteiger partial charge >= 0.3 is 0 Å². The predicted molar refractivity (Wildman–Crippen MR) is 73.4 cm³/mol. The minimum atomic E-state index is -0.167. The van der Waals surface area contributed by atoms with Crippen molar-refractivity contribution in [2.75, 3.05) is 20.7 Å². The number of methoxy groups -OCH3 is 1. The molecule has 0 saturated heterocycles. The summed E-state index contributed by atoms with van der Waals surface area (Å²) in [7, 11) is 3.66.